The van der Waals surface area contributed by atoms with Crippen molar-refractivity contribution in [1.29, 1.82) is 0 Å². The lowest BCUT2D eigenvalue weighted by Crippen LogP contribution is -2.48. The Hall–Kier alpha value is -2.54. The van der Waals surface area contributed by atoms with E-state index in [2.05, 4.69) is 31.6 Å². The van der Waals surface area contributed by atoms with Gasteiger partial charge in [0.1, 0.15) is 11.6 Å². The first-order valence-corrected chi connectivity index (χ1v) is 10.2. The van der Waals surface area contributed by atoms with Crippen LogP contribution in [-0.2, 0) is 13.0 Å². The van der Waals surface area contributed by atoms with Crippen molar-refractivity contribution in [3.63, 3.8) is 0 Å². The number of nitrogens with zero attached hydrogens (tertiary/aromatic N) is 3. The van der Waals surface area contributed by atoms with Crippen molar-refractivity contribution in [2.24, 2.45) is 4.99 Å². The van der Waals surface area contributed by atoms with Gasteiger partial charge >= 0.3 is 0 Å². The van der Waals surface area contributed by atoms with Crippen molar-refractivity contribution in [2.75, 3.05) is 26.2 Å². The molecule has 2 aromatic rings. The fraction of sp³-hybridized carbons (Fsp3) is 0.455. The van der Waals surface area contributed by atoms with Crippen molar-refractivity contribution < 1.29 is 8.78 Å². The van der Waals surface area contributed by atoms with Gasteiger partial charge in [-0.1, -0.05) is 6.07 Å². The molecule has 1 aromatic heterocycles. The average molecular weight is 402 g/mol. The SMILES string of the molecule is CCNC(=NCCc1cc(F)ccc1F)NC1CCN(Cc2ccccn2)CC1. The highest BCUT2D eigenvalue weighted by Gasteiger charge is 2.20. The molecule has 3 rings (SSSR count). The fourth-order valence-corrected chi connectivity index (χ4v) is 3.49. The van der Waals surface area contributed by atoms with E-state index in [1.54, 1.807) is 0 Å². The summed E-state index contributed by atoms with van der Waals surface area (Å²) in [6, 6.07) is 9.89. The monoisotopic (exact) mass is 401 g/mol. The maximum absolute atomic E-state index is 13.8. The number of benzene rings is 1. The van der Waals surface area contributed by atoms with Crippen molar-refractivity contribution in [1.82, 2.24) is 20.5 Å². The molecule has 1 aliphatic heterocycles. The smallest absolute Gasteiger partial charge is 0.191 e. The molecular formula is C22H29F2N5. The summed E-state index contributed by atoms with van der Waals surface area (Å²) in [7, 11) is 0. The number of halogens is 2. The number of rotatable bonds is 7. The fourth-order valence-electron chi connectivity index (χ4n) is 3.49. The Labute approximate surface area is 171 Å². The number of aliphatic imine (C=N–C) groups is 1. The second kappa shape index (κ2) is 10.9. The molecule has 0 bridgehead atoms. The summed E-state index contributed by atoms with van der Waals surface area (Å²) in [4.78, 5) is 11.4. The molecule has 0 unspecified atom stereocenters. The molecule has 2 N–H and O–H groups in total. The molecule has 0 aliphatic carbocycles. The second-order valence-electron chi connectivity index (χ2n) is 7.26. The van der Waals surface area contributed by atoms with Gasteiger partial charge in [-0.05, 0) is 62.1 Å². The molecule has 1 saturated heterocycles. The Balaban J connectivity index is 1.47. The van der Waals surface area contributed by atoms with Crippen molar-refractivity contribution >= 4 is 5.96 Å². The summed E-state index contributed by atoms with van der Waals surface area (Å²) in [6.07, 6.45) is 4.24. The van der Waals surface area contributed by atoms with Gasteiger partial charge in [0.15, 0.2) is 5.96 Å². The van der Waals surface area contributed by atoms with Gasteiger partial charge in [-0.2, -0.15) is 0 Å². The van der Waals surface area contributed by atoms with Gasteiger partial charge in [-0.15, -0.1) is 0 Å². The number of pyridine rings is 1. The van der Waals surface area contributed by atoms with Crippen molar-refractivity contribution in [3.8, 4) is 0 Å². The normalized spacial score (nSPS) is 16.0. The summed E-state index contributed by atoms with van der Waals surface area (Å²) in [5.41, 5.74) is 1.45. The van der Waals surface area contributed by atoms with Crippen molar-refractivity contribution in [2.45, 2.75) is 38.8 Å². The Morgan fingerprint density at radius 1 is 1.21 bits per heavy atom. The molecule has 7 heteroatoms. The predicted molar refractivity (Wildman–Crippen MR) is 112 cm³/mol. The number of piperidine rings is 1. The van der Waals surface area contributed by atoms with E-state index in [0.29, 0.717) is 24.6 Å². The van der Waals surface area contributed by atoms with E-state index in [1.165, 1.54) is 6.07 Å². The summed E-state index contributed by atoms with van der Waals surface area (Å²) in [6.45, 7) is 6.04. The number of hydrogen-bond acceptors (Lipinski definition) is 3. The van der Waals surface area contributed by atoms with Gasteiger partial charge in [-0.25, -0.2) is 8.78 Å². The molecule has 1 aromatic carbocycles. The van der Waals surface area contributed by atoms with E-state index in [4.69, 9.17) is 0 Å². The second-order valence-corrected chi connectivity index (χ2v) is 7.26. The van der Waals surface area contributed by atoms with Crippen LogP contribution in [0.25, 0.3) is 0 Å². The van der Waals surface area contributed by atoms with Crippen LogP contribution in [0.5, 0.6) is 0 Å². The minimum absolute atomic E-state index is 0.346. The standard InChI is InChI=1S/C22H29F2N5/c1-2-25-22(27-12-8-17-15-18(23)6-7-21(17)24)28-19-9-13-29(14-10-19)16-20-5-3-4-11-26-20/h3-7,11,15,19H,2,8-10,12-14,16H2,1H3,(H2,25,27,28). The lowest BCUT2D eigenvalue weighted by atomic mass is 10.0. The maximum atomic E-state index is 13.8. The Bertz CT molecular complexity index is 789. The van der Waals surface area contributed by atoms with Crippen LogP contribution < -0.4 is 10.6 Å². The van der Waals surface area contributed by atoms with Crippen LogP contribution in [0.4, 0.5) is 8.78 Å². The third kappa shape index (κ3) is 6.78. The van der Waals surface area contributed by atoms with E-state index >= 15 is 0 Å². The molecule has 1 aliphatic rings. The maximum Gasteiger partial charge on any atom is 0.191 e. The van der Waals surface area contributed by atoms with Gasteiger partial charge in [0.2, 0.25) is 0 Å². The first kappa shape index (κ1) is 21.2. The summed E-state index contributed by atoms with van der Waals surface area (Å²) >= 11 is 0. The van der Waals surface area contributed by atoms with E-state index in [9.17, 15) is 8.78 Å². The molecule has 0 radical (unpaired) electrons. The van der Waals surface area contributed by atoms with Gasteiger partial charge in [-0.3, -0.25) is 14.9 Å². The number of likely N-dealkylation sites (tertiary alicyclic amines) is 1. The molecule has 5 nitrogen and oxygen atoms in total. The molecule has 0 atom stereocenters. The molecule has 2 heterocycles. The van der Waals surface area contributed by atoms with Gasteiger partial charge in [0, 0.05) is 45.0 Å². The van der Waals surface area contributed by atoms with E-state index in [0.717, 1.165) is 62.8 Å². The third-order valence-electron chi connectivity index (χ3n) is 5.04. The number of guanidine groups is 1. The molecule has 0 saturated carbocycles. The van der Waals surface area contributed by atoms with E-state index in [1.807, 2.05) is 25.3 Å². The third-order valence-corrected chi connectivity index (χ3v) is 5.04. The molecule has 0 spiro atoms. The van der Waals surface area contributed by atoms with Crippen LogP contribution in [0, 0.1) is 11.6 Å². The van der Waals surface area contributed by atoms with Gasteiger partial charge < -0.3 is 10.6 Å². The van der Waals surface area contributed by atoms with Crippen LogP contribution in [0.15, 0.2) is 47.6 Å². The lowest BCUT2D eigenvalue weighted by molar-refractivity contribution is 0.196. The summed E-state index contributed by atoms with van der Waals surface area (Å²) in [5, 5.41) is 6.72. The highest BCUT2D eigenvalue weighted by atomic mass is 19.1. The minimum Gasteiger partial charge on any atom is -0.357 e. The van der Waals surface area contributed by atoms with E-state index in [-0.39, 0.29) is 5.82 Å². The summed E-state index contributed by atoms with van der Waals surface area (Å²) < 4.78 is 27.0. The van der Waals surface area contributed by atoms with Crippen LogP contribution in [0.3, 0.4) is 0 Å². The molecule has 0 amide bonds. The summed E-state index contributed by atoms with van der Waals surface area (Å²) in [5.74, 6) is -0.0831. The molecule has 156 valence electrons. The molecule has 29 heavy (non-hydrogen) atoms. The number of aromatic nitrogens is 1. The van der Waals surface area contributed by atoms with Crippen LogP contribution in [0.2, 0.25) is 0 Å². The Kier molecular flexibility index (Phi) is 7.93. The Morgan fingerprint density at radius 2 is 2.03 bits per heavy atom. The zero-order valence-electron chi connectivity index (χ0n) is 16.9. The van der Waals surface area contributed by atoms with E-state index < -0.39 is 5.82 Å². The lowest BCUT2D eigenvalue weighted by Gasteiger charge is -2.32. The zero-order valence-corrected chi connectivity index (χ0v) is 16.9. The average Bonchev–Trinajstić information content (AvgIpc) is 2.73. The van der Waals surface area contributed by atoms with Crippen LogP contribution >= 0.6 is 0 Å². The van der Waals surface area contributed by atoms with Gasteiger partial charge in [0.25, 0.3) is 0 Å². The number of nitrogens with one attached hydrogen (secondary N) is 2. The quantitative estimate of drug-likeness (QED) is 0.553. The minimum atomic E-state index is -0.423. The first-order valence-electron chi connectivity index (χ1n) is 10.2. The van der Waals surface area contributed by atoms with Gasteiger partial charge in [0.05, 0.1) is 5.69 Å². The van der Waals surface area contributed by atoms with Crippen molar-refractivity contribution in [3.05, 3.63) is 65.5 Å². The highest BCUT2D eigenvalue weighted by molar-refractivity contribution is 5.80. The largest absolute Gasteiger partial charge is 0.357 e. The topological polar surface area (TPSA) is 52.6 Å². The zero-order chi connectivity index (χ0) is 20.5. The van der Waals surface area contributed by atoms with Crippen LogP contribution in [-0.4, -0.2) is 48.1 Å². The predicted octanol–water partition coefficient (Wildman–Crippen LogP) is 3.12. The first-order chi connectivity index (χ1) is 14.1. The molecular weight excluding hydrogens is 372 g/mol. The van der Waals surface area contributed by atoms with Crippen LogP contribution in [0.1, 0.15) is 31.0 Å². The Morgan fingerprint density at radius 3 is 2.76 bits per heavy atom. The highest BCUT2D eigenvalue weighted by Crippen LogP contribution is 2.13. The molecule has 1 fully saturated rings. The number of hydrogen-bond donors (Lipinski definition) is 2.